The number of hydrogen-bond acceptors (Lipinski definition) is 7. The summed E-state index contributed by atoms with van der Waals surface area (Å²) in [7, 11) is -4.39. The predicted molar refractivity (Wildman–Crippen MR) is 128 cm³/mol. The summed E-state index contributed by atoms with van der Waals surface area (Å²) in [6, 6.07) is 16.3. The Labute approximate surface area is 204 Å². The van der Waals surface area contributed by atoms with Gasteiger partial charge in [0.2, 0.25) is 0 Å². The predicted octanol–water partition coefficient (Wildman–Crippen LogP) is 6.68. The molecule has 0 aliphatic carbocycles. The van der Waals surface area contributed by atoms with Gasteiger partial charge >= 0.3 is 205 Å². The maximum atomic E-state index is 13.6. The minimum atomic E-state index is -5.43. The van der Waals surface area contributed by atoms with E-state index >= 15 is 0 Å². The standard InChI is InChI=1S/C22H28Cl2O7P2/c1-21(2)14-27-32(25,29-19(21)16-10-6-5-7-11-16)31-33(24,26)28-15-22(3,4)20(30-33)17-12-8-9-13-18(17)23/h5-13,19-20,26H,14-15H2,1-4H3/t19-,20+,32?/m1/s1. The van der Waals surface area contributed by atoms with Gasteiger partial charge in [0.05, 0.1) is 0 Å². The molecule has 33 heavy (non-hydrogen) atoms. The van der Waals surface area contributed by atoms with E-state index in [-0.39, 0.29) is 13.2 Å². The number of hydrogen-bond donors (Lipinski definition) is 1. The third-order valence-electron chi connectivity index (χ3n) is 5.70. The number of halogens is 2. The summed E-state index contributed by atoms with van der Waals surface area (Å²) >= 11 is 12.9. The van der Waals surface area contributed by atoms with Crippen LogP contribution in [0.4, 0.5) is 0 Å². The molecule has 2 aliphatic rings. The molecule has 0 radical (unpaired) electrons. The Balaban J connectivity index is 1.63. The molecule has 11 heteroatoms. The molecule has 4 rings (SSSR count). The molecule has 2 aromatic carbocycles. The molecule has 2 aromatic rings. The summed E-state index contributed by atoms with van der Waals surface area (Å²) in [5.74, 6) is 0. The van der Waals surface area contributed by atoms with Crippen molar-refractivity contribution in [1.29, 1.82) is 0 Å². The van der Waals surface area contributed by atoms with Gasteiger partial charge in [0.1, 0.15) is 0 Å². The zero-order chi connectivity index (χ0) is 24.1. The molecule has 3 atom stereocenters. The van der Waals surface area contributed by atoms with Gasteiger partial charge in [0.25, 0.3) is 0 Å². The normalized spacial score (nSPS) is 33.5. The summed E-state index contributed by atoms with van der Waals surface area (Å²) < 4.78 is 28.3. The molecule has 1 unspecified atom stereocenters. The second-order valence-corrected chi connectivity index (χ2v) is 15.8. The molecule has 0 amide bonds. The van der Waals surface area contributed by atoms with Gasteiger partial charge in [-0.1, -0.05) is 0 Å². The van der Waals surface area contributed by atoms with E-state index in [9.17, 15) is 9.79 Å². The van der Waals surface area contributed by atoms with Gasteiger partial charge in [0, 0.05) is 0 Å². The summed E-state index contributed by atoms with van der Waals surface area (Å²) in [5.41, 5.74) is 0.209. The Morgan fingerprint density at radius 1 is 1.00 bits per heavy atom. The summed E-state index contributed by atoms with van der Waals surface area (Å²) in [4.78, 5) is 24.9. The van der Waals surface area contributed by atoms with E-state index in [0.29, 0.717) is 10.6 Å². The van der Waals surface area contributed by atoms with Gasteiger partial charge in [-0.3, -0.25) is 0 Å². The van der Waals surface area contributed by atoms with E-state index in [1.807, 2.05) is 58.0 Å². The molecule has 7 nitrogen and oxygen atoms in total. The van der Waals surface area contributed by atoms with Crippen molar-refractivity contribution in [3.8, 4) is 0 Å². The summed E-state index contributed by atoms with van der Waals surface area (Å²) in [5, 5.41) is 0.426. The Kier molecular flexibility index (Phi) is 6.71. The molecule has 0 aromatic heterocycles. The SMILES string of the molecule is CC1(C)CO[P+]([O-])(OP2(O)(Cl)OCC(C)(C)[C@H](c3ccccc3Cl)O2)O[C@@H]1c1ccccc1. The van der Waals surface area contributed by atoms with Crippen molar-refractivity contribution >= 4 is 37.9 Å². The van der Waals surface area contributed by atoms with Crippen LogP contribution >= 0.6 is 37.9 Å². The molecule has 2 heterocycles. The first-order valence-electron chi connectivity index (χ1n) is 10.5. The number of phosphoric ester groups is 1. The average molecular weight is 537 g/mol. The van der Waals surface area contributed by atoms with Crippen molar-refractivity contribution < 1.29 is 32.2 Å². The van der Waals surface area contributed by atoms with Crippen molar-refractivity contribution in [2.75, 3.05) is 13.2 Å². The van der Waals surface area contributed by atoms with Gasteiger partial charge in [-0.25, -0.2) is 0 Å². The number of benzene rings is 2. The van der Waals surface area contributed by atoms with Crippen LogP contribution in [0.2, 0.25) is 5.02 Å². The van der Waals surface area contributed by atoms with E-state index in [1.54, 1.807) is 24.3 Å². The van der Waals surface area contributed by atoms with Gasteiger partial charge in [-0.15, -0.1) is 0 Å². The molecule has 2 saturated heterocycles. The summed E-state index contributed by atoms with van der Waals surface area (Å²) in [6.07, 6.45) is -1.45. The van der Waals surface area contributed by atoms with Crippen molar-refractivity contribution in [3.05, 3.63) is 70.7 Å². The third-order valence-corrected chi connectivity index (χ3v) is 11.0. The number of rotatable bonds is 4. The Bertz CT molecular complexity index is 1020. The molecule has 1 N–H and O–H groups in total. The van der Waals surface area contributed by atoms with E-state index in [0.717, 1.165) is 5.56 Å². The van der Waals surface area contributed by atoms with Crippen LogP contribution in [0.1, 0.15) is 51.0 Å². The van der Waals surface area contributed by atoms with Gasteiger partial charge < -0.3 is 0 Å². The van der Waals surface area contributed by atoms with Gasteiger partial charge in [0.15, 0.2) is 0 Å². The topological polar surface area (TPSA) is 89.4 Å². The molecule has 182 valence electrons. The Morgan fingerprint density at radius 3 is 2.27 bits per heavy atom. The monoisotopic (exact) mass is 536 g/mol. The molecular formula is C22H28Cl2O7P2. The molecule has 2 fully saturated rings. The Hall–Kier alpha value is -0.400. The van der Waals surface area contributed by atoms with Crippen molar-refractivity contribution in [1.82, 2.24) is 0 Å². The first-order valence-corrected chi connectivity index (χ1v) is 15.2. The third kappa shape index (κ3) is 5.40. The van der Waals surface area contributed by atoms with Crippen molar-refractivity contribution in [2.45, 2.75) is 39.9 Å². The van der Waals surface area contributed by atoms with E-state index in [2.05, 4.69) is 0 Å². The van der Waals surface area contributed by atoms with Gasteiger partial charge in [-0.05, 0) is 0 Å². The average Bonchev–Trinajstić information content (AvgIpc) is 2.74. The van der Waals surface area contributed by atoms with Crippen LogP contribution in [0.3, 0.4) is 0 Å². The minimum absolute atomic E-state index is 0.0344. The fourth-order valence-electron chi connectivity index (χ4n) is 3.87. The van der Waals surface area contributed by atoms with Crippen LogP contribution in [-0.4, -0.2) is 18.1 Å². The van der Waals surface area contributed by atoms with E-state index in [4.69, 9.17) is 45.2 Å². The summed E-state index contributed by atoms with van der Waals surface area (Å²) in [6.45, 7) is 2.14. The van der Waals surface area contributed by atoms with Crippen LogP contribution in [-0.2, 0) is 22.4 Å². The first kappa shape index (κ1) is 25.7. The van der Waals surface area contributed by atoms with E-state index in [1.165, 1.54) is 0 Å². The van der Waals surface area contributed by atoms with Gasteiger partial charge in [-0.2, -0.15) is 0 Å². The maximum absolute atomic E-state index is 13.6. The molecule has 0 spiro atoms. The number of phosphoric acid groups is 1. The first-order chi connectivity index (χ1) is 15.2. The Morgan fingerprint density at radius 2 is 1.61 bits per heavy atom. The molecule has 2 aliphatic heterocycles. The second-order valence-electron chi connectivity index (χ2n) is 9.71. The molecule has 0 bridgehead atoms. The van der Waals surface area contributed by atoms with Crippen LogP contribution in [0.5, 0.6) is 0 Å². The fraction of sp³-hybridized carbons (Fsp3) is 0.455. The van der Waals surface area contributed by atoms with Crippen molar-refractivity contribution in [3.63, 3.8) is 0 Å². The van der Waals surface area contributed by atoms with Crippen LogP contribution in [0.15, 0.2) is 54.6 Å². The van der Waals surface area contributed by atoms with E-state index < -0.39 is 38.1 Å². The zero-order valence-corrected chi connectivity index (χ0v) is 22.1. The fourth-order valence-corrected chi connectivity index (χ4v) is 9.74. The zero-order valence-electron chi connectivity index (χ0n) is 18.8. The molecule has 0 saturated carbocycles. The van der Waals surface area contributed by atoms with Crippen molar-refractivity contribution in [2.24, 2.45) is 10.8 Å². The van der Waals surface area contributed by atoms with Crippen LogP contribution in [0.25, 0.3) is 0 Å². The van der Waals surface area contributed by atoms with Crippen LogP contribution in [0, 0.1) is 10.8 Å². The van der Waals surface area contributed by atoms with Crippen LogP contribution < -0.4 is 4.89 Å². The second kappa shape index (κ2) is 8.62. The molecular weight excluding hydrogens is 509 g/mol. The quantitative estimate of drug-likeness (QED) is 0.435.